The summed E-state index contributed by atoms with van der Waals surface area (Å²) >= 11 is 0. The molecule has 1 fully saturated rings. The first-order valence-corrected chi connectivity index (χ1v) is 24.5. The molecule has 0 aliphatic carbocycles. The molecule has 0 saturated carbocycles. The van der Waals surface area contributed by atoms with Crippen molar-refractivity contribution in [3.63, 3.8) is 0 Å². The number of anilines is 1. The molecule has 2 unspecified atom stereocenters. The van der Waals surface area contributed by atoms with Crippen LogP contribution in [0.4, 0.5) is 10.6 Å². The number of nitrogens with zero attached hydrogens (tertiary/aromatic N) is 7. The summed E-state index contributed by atoms with van der Waals surface area (Å²) in [7, 11) is 0. The zero-order valence-corrected chi connectivity index (χ0v) is 40.2. The number of likely N-dealkylation sites (tertiary alicyclic amines) is 1. The van der Waals surface area contributed by atoms with Gasteiger partial charge in [-0.3, -0.25) is 19.8 Å². The van der Waals surface area contributed by atoms with E-state index in [1.54, 1.807) is 0 Å². The number of fused-ring (bicyclic) bond motifs is 1. The third-order valence-corrected chi connectivity index (χ3v) is 13.9. The number of pyridine rings is 1. The number of hydrogen-bond acceptors (Lipinski definition) is 9. The van der Waals surface area contributed by atoms with E-state index in [2.05, 4.69) is 162 Å². The number of aromatic nitrogens is 6. The van der Waals surface area contributed by atoms with Crippen molar-refractivity contribution in [1.29, 1.82) is 0 Å². The van der Waals surface area contributed by atoms with Gasteiger partial charge in [-0.15, -0.1) is 5.10 Å². The minimum Gasteiger partial charge on any atom is -0.488 e. The standard InChI is InChI=1S/C60H52N10O4/c61-65-57(71)53-37-52(41-69(53)58(72)73)74-51-33-19-20-42(35-51)39-68-40-43(38-62-68)34-44-36-54(64-59(45-21-7-1-8-22-45,46-23-9-2-10-24-46)47-25-11-3-12-26-47)63-56-55(44)66-67-70(56)60(48-27-13-4-14-28-48,49-29-15-5-16-30-49)50-31-17-6-18-32-50/h1-33,35-36,38,40,52-53H,34,37,39,41,61H2,(H,63,64)(H,65,71)(H,72,73). The zero-order valence-electron chi connectivity index (χ0n) is 40.2. The Morgan fingerprint density at radius 2 is 1.19 bits per heavy atom. The highest BCUT2D eigenvalue weighted by Crippen LogP contribution is 2.44. The Labute approximate surface area is 427 Å². The van der Waals surface area contributed by atoms with Crippen LogP contribution in [0.25, 0.3) is 11.2 Å². The fourth-order valence-corrected chi connectivity index (χ4v) is 10.6. The van der Waals surface area contributed by atoms with Gasteiger partial charge in [-0.25, -0.2) is 20.3 Å². The quantitative estimate of drug-likeness (QED) is 0.0316. The Morgan fingerprint density at radius 3 is 1.70 bits per heavy atom. The van der Waals surface area contributed by atoms with E-state index >= 15 is 0 Å². The van der Waals surface area contributed by atoms with Gasteiger partial charge in [-0.05, 0) is 68.3 Å². The van der Waals surface area contributed by atoms with Gasteiger partial charge in [0.2, 0.25) is 0 Å². The lowest BCUT2D eigenvalue weighted by atomic mass is 9.77. The lowest BCUT2D eigenvalue weighted by Crippen LogP contribution is -2.47. The second kappa shape index (κ2) is 20.4. The highest BCUT2D eigenvalue weighted by molar-refractivity contribution is 5.85. The number of benzene rings is 7. The molecule has 1 saturated heterocycles. The summed E-state index contributed by atoms with van der Waals surface area (Å²) in [5, 5.41) is 28.8. The Kier molecular flexibility index (Phi) is 12.9. The summed E-state index contributed by atoms with van der Waals surface area (Å²) in [6.07, 6.45) is 2.77. The van der Waals surface area contributed by atoms with E-state index in [-0.39, 0.29) is 13.0 Å². The molecule has 10 aromatic rings. The number of carboxylic acid groups (broad SMARTS) is 1. The van der Waals surface area contributed by atoms with E-state index in [1.807, 2.05) is 82.4 Å². The van der Waals surface area contributed by atoms with Crippen LogP contribution in [0, 0.1) is 0 Å². The summed E-state index contributed by atoms with van der Waals surface area (Å²) in [6.45, 7) is 0.461. The first kappa shape index (κ1) is 47.0. The van der Waals surface area contributed by atoms with Crippen molar-refractivity contribution >= 4 is 29.0 Å². The van der Waals surface area contributed by atoms with Gasteiger partial charge in [-0.1, -0.05) is 199 Å². The summed E-state index contributed by atoms with van der Waals surface area (Å²) < 4.78 is 10.1. The van der Waals surface area contributed by atoms with Crippen molar-refractivity contribution in [2.24, 2.45) is 5.84 Å². The van der Waals surface area contributed by atoms with E-state index in [0.717, 1.165) is 55.0 Å². The van der Waals surface area contributed by atoms with Crippen molar-refractivity contribution in [3.05, 3.63) is 275 Å². The molecule has 2 amide bonds. The normalized spacial score (nSPS) is 14.7. The number of carbonyl (C=O) groups excluding carboxylic acids is 1. The Hall–Kier alpha value is -9.40. The Morgan fingerprint density at radius 1 is 0.662 bits per heavy atom. The smallest absolute Gasteiger partial charge is 0.408 e. The van der Waals surface area contributed by atoms with Crippen molar-refractivity contribution in [2.75, 3.05) is 11.9 Å². The summed E-state index contributed by atoms with van der Waals surface area (Å²) in [5.41, 5.74) is 10.2. The molecule has 4 heterocycles. The van der Waals surface area contributed by atoms with Crippen molar-refractivity contribution in [3.8, 4) is 5.75 Å². The lowest BCUT2D eigenvalue weighted by Gasteiger charge is -2.38. The first-order valence-electron chi connectivity index (χ1n) is 24.5. The fraction of sp³-hybridized carbons (Fsp3) is 0.133. The summed E-state index contributed by atoms with van der Waals surface area (Å²) in [6, 6.07) is 71.4. The molecule has 74 heavy (non-hydrogen) atoms. The van der Waals surface area contributed by atoms with Crippen LogP contribution >= 0.6 is 0 Å². The third kappa shape index (κ3) is 8.88. The molecule has 1 aliphatic heterocycles. The number of amides is 2. The number of hydrazine groups is 1. The lowest BCUT2D eigenvalue weighted by molar-refractivity contribution is -0.125. The molecule has 2 atom stereocenters. The average Bonchev–Trinajstić information content (AvgIpc) is 4.22. The molecule has 11 rings (SSSR count). The highest BCUT2D eigenvalue weighted by atomic mass is 16.5. The maximum atomic E-state index is 12.4. The van der Waals surface area contributed by atoms with E-state index in [1.165, 1.54) is 0 Å². The second-order valence-electron chi connectivity index (χ2n) is 18.4. The van der Waals surface area contributed by atoms with Gasteiger partial charge in [0, 0.05) is 19.0 Å². The number of rotatable bonds is 16. The van der Waals surface area contributed by atoms with Crippen LogP contribution in [0.3, 0.4) is 0 Å². The van der Waals surface area contributed by atoms with Crippen LogP contribution in [0.15, 0.2) is 225 Å². The van der Waals surface area contributed by atoms with E-state index in [0.29, 0.717) is 35.7 Å². The van der Waals surface area contributed by atoms with Gasteiger partial charge in [0.1, 0.15) is 40.3 Å². The van der Waals surface area contributed by atoms with Gasteiger partial charge >= 0.3 is 6.09 Å². The van der Waals surface area contributed by atoms with Crippen molar-refractivity contribution in [1.82, 2.24) is 40.1 Å². The monoisotopic (exact) mass is 976 g/mol. The number of nitrogens with one attached hydrogen (secondary N) is 2. The van der Waals surface area contributed by atoms with Crippen LogP contribution in [0.1, 0.15) is 56.5 Å². The molecule has 7 aromatic carbocycles. The minimum atomic E-state index is -1.21. The highest BCUT2D eigenvalue weighted by Gasteiger charge is 2.43. The average molecular weight is 977 g/mol. The van der Waals surface area contributed by atoms with Crippen LogP contribution < -0.4 is 21.3 Å². The molecule has 0 bridgehead atoms. The predicted octanol–water partition coefficient (Wildman–Crippen LogP) is 9.40. The predicted molar refractivity (Wildman–Crippen MR) is 283 cm³/mol. The number of hydrogen-bond donors (Lipinski definition) is 4. The molecule has 5 N–H and O–H groups in total. The van der Waals surface area contributed by atoms with Crippen molar-refractivity contribution in [2.45, 2.75) is 42.6 Å². The maximum absolute atomic E-state index is 12.4. The van der Waals surface area contributed by atoms with Crippen LogP contribution in [0.2, 0.25) is 0 Å². The minimum absolute atomic E-state index is 0.0327. The number of nitrogens with two attached hydrogens (primary N) is 1. The Balaban J connectivity index is 1.03. The van der Waals surface area contributed by atoms with E-state index in [9.17, 15) is 14.7 Å². The summed E-state index contributed by atoms with van der Waals surface area (Å²) in [4.78, 5) is 31.0. The molecular formula is C60H52N10O4. The third-order valence-electron chi connectivity index (χ3n) is 13.9. The molecule has 0 radical (unpaired) electrons. The SMILES string of the molecule is NNC(=O)C1CC(Oc2cccc(Cn3cc(Cc4cc(NC(c5ccccc5)(c5ccccc5)c5ccccc5)nc5c4nnn5C(c4ccccc4)(c4ccccc4)c4ccccc4)cn3)c2)CN1C(=O)O. The molecule has 366 valence electrons. The van der Waals surface area contributed by atoms with Crippen LogP contribution in [0.5, 0.6) is 5.75 Å². The van der Waals surface area contributed by atoms with Gasteiger partial charge in [0.15, 0.2) is 5.65 Å². The summed E-state index contributed by atoms with van der Waals surface area (Å²) in [5.74, 6) is 5.95. The zero-order chi connectivity index (χ0) is 50.5. The van der Waals surface area contributed by atoms with Gasteiger partial charge in [0.05, 0.1) is 19.3 Å². The second-order valence-corrected chi connectivity index (χ2v) is 18.4. The van der Waals surface area contributed by atoms with Gasteiger partial charge in [-0.2, -0.15) is 5.10 Å². The van der Waals surface area contributed by atoms with E-state index < -0.39 is 35.2 Å². The van der Waals surface area contributed by atoms with E-state index in [4.69, 9.17) is 31.0 Å². The Bertz CT molecular complexity index is 3330. The molecular weight excluding hydrogens is 925 g/mol. The molecule has 3 aromatic heterocycles. The van der Waals surface area contributed by atoms with Crippen LogP contribution in [-0.2, 0) is 28.8 Å². The molecule has 0 spiro atoms. The molecule has 14 nitrogen and oxygen atoms in total. The van der Waals surface area contributed by atoms with Crippen LogP contribution in [-0.4, -0.2) is 70.5 Å². The van der Waals surface area contributed by atoms with Gasteiger partial charge in [0.25, 0.3) is 5.91 Å². The first-order chi connectivity index (χ1) is 36.3. The molecule has 14 heteroatoms. The largest absolute Gasteiger partial charge is 0.488 e. The molecule has 1 aliphatic rings. The van der Waals surface area contributed by atoms with Crippen molar-refractivity contribution < 1.29 is 19.4 Å². The number of carbonyl (C=O) groups is 2. The maximum Gasteiger partial charge on any atom is 0.408 e. The number of ether oxygens (including phenoxy) is 1. The van der Waals surface area contributed by atoms with Gasteiger partial charge < -0.3 is 15.2 Å². The topological polar surface area (TPSA) is 178 Å². The fourth-order valence-electron chi connectivity index (χ4n) is 10.6.